The zero-order chi connectivity index (χ0) is 14.7. The van der Waals surface area contributed by atoms with Gasteiger partial charge in [-0.1, -0.05) is 12.1 Å². The highest BCUT2D eigenvalue weighted by molar-refractivity contribution is 5.93. The molecule has 0 aliphatic carbocycles. The summed E-state index contributed by atoms with van der Waals surface area (Å²) in [4.78, 5) is 26.1. The van der Waals surface area contributed by atoms with Gasteiger partial charge in [-0.15, -0.1) is 0 Å². The first-order valence-corrected chi connectivity index (χ1v) is 6.20. The molecule has 0 aliphatic heterocycles. The minimum Gasteiger partial charge on any atom is -0.367 e. The minimum absolute atomic E-state index is 0.0584. The third-order valence-corrected chi connectivity index (χ3v) is 3.02. The first-order valence-electron chi connectivity index (χ1n) is 6.20. The number of pyridine rings is 1. The van der Waals surface area contributed by atoms with Crippen LogP contribution in [-0.4, -0.2) is 10.9 Å². The van der Waals surface area contributed by atoms with E-state index in [9.17, 15) is 14.0 Å². The van der Waals surface area contributed by atoms with E-state index in [1.165, 1.54) is 18.5 Å². The summed E-state index contributed by atoms with van der Waals surface area (Å²) in [5, 5.41) is 2.65. The molecule has 0 spiro atoms. The number of hydrogen-bond donors (Lipinski definition) is 2. The van der Waals surface area contributed by atoms with Gasteiger partial charge in [-0.25, -0.2) is 4.39 Å². The number of aryl methyl sites for hydroxylation is 2. The van der Waals surface area contributed by atoms with Crippen LogP contribution >= 0.6 is 0 Å². The molecule has 4 nitrogen and oxygen atoms in total. The van der Waals surface area contributed by atoms with Gasteiger partial charge in [0.1, 0.15) is 11.4 Å². The van der Waals surface area contributed by atoms with Gasteiger partial charge < -0.3 is 10.3 Å². The minimum atomic E-state index is -0.452. The Morgan fingerprint density at radius 3 is 2.55 bits per heavy atom. The standard InChI is InChI=1S/C15H15FN2O2/c1-9-5-11(6-10(2)14(9)16)7-18-15(20)12-8-17-4-3-13(12)19/h3-6,8H,7H2,1-2H3,(H,17,19)(H,18,20). The van der Waals surface area contributed by atoms with E-state index in [2.05, 4.69) is 10.3 Å². The summed E-state index contributed by atoms with van der Waals surface area (Å²) in [6.45, 7) is 3.60. The Bertz CT molecular complexity index is 684. The second-order valence-electron chi connectivity index (χ2n) is 4.65. The van der Waals surface area contributed by atoms with Gasteiger partial charge in [0.05, 0.1) is 0 Å². The van der Waals surface area contributed by atoms with Crippen molar-refractivity contribution < 1.29 is 9.18 Å². The predicted molar refractivity (Wildman–Crippen MR) is 74.1 cm³/mol. The summed E-state index contributed by atoms with van der Waals surface area (Å²) in [5.41, 5.74) is 1.58. The van der Waals surface area contributed by atoms with E-state index >= 15 is 0 Å². The number of benzene rings is 1. The lowest BCUT2D eigenvalue weighted by atomic mass is 10.1. The molecule has 0 aliphatic rings. The number of H-pyrrole nitrogens is 1. The quantitative estimate of drug-likeness (QED) is 0.900. The van der Waals surface area contributed by atoms with Gasteiger partial charge in [-0.2, -0.15) is 0 Å². The summed E-state index contributed by atoms with van der Waals surface area (Å²) in [6, 6.07) is 4.65. The van der Waals surface area contributed by atoms with Crippen LogP contribution in [0.15, 0.2) is 35.4 Å². The highest BCUT2D eigenvalue weighted by Crippen LogP contribution is 2.14. The van der Waals surface area contributed by atoms with Crippen LogP contribution in [-0.2, 0) is 6.54 Å². The number of amides is 1. The molecule has 1 heterocycles. The van der Waals surface area contributed by atoms with Gasteiger partial charge in [0.2, 0.25) is 0 Å². The van der Waals surface area contributed by atoms with Gasteiger partial charge in [0.15, 0.2) is 5.43 Å². The van der Waals surface area contributed by atoms with Crippen molar-refractivity contribution in [2.45, 2.75) is 20.4 Å². The maximum atomic E-state index is 13.5. The van der Waals surface area contributed by atoms with E-state index in [1.807, 2.05) is 0 Å². The van der Waals surface area contributed by atoms with Gasteiger partial charge in [-0.3, -0.25) is 9.59 Å². The van der Waals surface area contributed by atoms with Gasteiger partial charge in [-0.05, 0) is 30.5 Å². The Morgan fingerprint density at radius 2 is 1.95 bits per heavy atom. The molecule has 0 saturated heterocycles. The molecule has 0 bridgehead atoms. The second-order valence-corrected chi connectivity index (χ2v) is 4.65. The number of halogens is 1. The fourth-order valence-electron chi connectivity index (χ4n) is 2.01. The Balaban J connectivity index is 2.12. The van der Waals surface area contributed by atoms with E-state index < -0.39 is 5.91 Å². The van der Waals surface area contributed by atoms with Gasteiger partial charge in [0.25, 0.3) is 5.91 Å². The molecule has 0 unspecified atom stereocenters. The first kappa shape index (κ1) is 14.0. The van der Waals surface area contributed by atoms with Crippen molar-refractivity contribution in [3.63, 3.8) is 0 Å². The molecule has 0 fully saturated rings. The zero-order valence-corrected chi connectivity index (χ0v) is 11.3. The average molecular weight is 274 g/mol. The van der Waals surface area contributed by atoms with Crippen molar-refractivity contribution in [3.05, 3.63) is 68.9 Å². The topological polar surface area (TPSA) is 62.0 Å². The monoisotopic (exact) mass is 274 g/mol. The van der Waals surface area contributed by atoms with Crippen LogP contribution in [0.5, 0.6) is 0 Å². The summed E-state index contributed by atoms with van der Waals surface area (Å²) in [6.07, 6.45) is 2.82. The van der Waals surface area contributed by atoms with Gasteiger partial charge >= 0.3 is 0 Å². The molecule has 104 valence electrons. The van der Waals surface area contributed by atoms with Crippen LogP contribution in [0.2, 0.25) is 0 Å². The van der Waals surface area contributed by atoms with Crippen LogP contribution in [0.3, 0.4) is 0 Å². The summed E-state index contributed by atoms with van der Waals surface area (Å²) >= 11 is 0. The maximum Gasteiger partial charge on any atom is 0.257 e. The third-order valence-electron chi connectivity index (χ3n) is 3.02. The molecule has 1 aromatic heterocycles. The maximum absolute atomic E-state index is 13.5. The number of aromatic amines is 1. The lowest BCUT2D eigenvalue weighted by molar-refractivity contribution is 0.0949. The lowest BCUT2D eigenvalue weighted by Crippen LogP contribution is -2.28. The Hall–Kier alpha value is -2.43. The molecule has 1 aromatic carbocycles. The molecule has 1 amide bonds. The number of nitrogens with one attached hydrogen (secondary N) is 2. The van der Waals surface area contributed by atoms with Crippen molar-refractivity contribution in [2.24, 2.45) is 0 Å². The van der Waals surface area contributed by atoms with E-state index in [4.69, 9.17) is 0 Å². The van der Waals surface area contributed by atoms with E-state index in [0.29, 0.717) is 11.1 Å². The van der Waals surface area contributed by atoms with E-state index in [1.54, 1.807) is 26.0 Å². The average Bonchev–Trinajstić information content (AvgIpc) is 2.42. The molecule has 20 heavy (non-hydrogen) atoms. The van der Waals surface area contributed by atoms with Crippen molar-refractivity contribution in [1.29, 1.82) is 0 Å². The number of carbonyl (C=O) groups is 1. The van der Waals surface area contributed by atoms with Crippen LogP contribution in [0.25, 0.3) is 0 Å². The molecule has 5 heteroatoms. The molecule has 0 atom stereocenters. The third kappa shape index (κ3) is 2.93. The molecular weight excluding hydrogens is 259 g/mol. The van der Waals surface area contributed by atoms with Crippen molar-refractivity contribution in [1.82, 2.24) is 10.3 Å². The van der Waals surface area contributed by atoms with Crippen LogP contribution in [0, 0.1) is 19.7 Å². The molecule has 0 saturated carbocycles. The highest BCUT2D eigenvalue weighted by atomic mass is 19.1. The highest BCUT2D eigenvalue weighted by Gasteiger charge is 2.10. The second kappa shape index (κ2) is 5.69. The fourth-order valence-corrected chi connectivity index (χ4v) is 2.01. The molecular formula is C15H15FN2O2. The van der Waals surface area contributed by atoms with Crippen molar-refractivity contribution in [3.8, 4) is 0 Å². The fraction of sp³-hybridized carbons (Fsp3) is 0.200. The SMILES string of the molecule is Cc1cc(CNC(=O)c2c[nH]ccc2=O)cc(C)c1F. The Morgan fingerprint density at radius 1 is 1.30 bits per heavy atom. The first-order chi connectivity index (χ1) is 9.49. The lowest BCUT2D eigenvalue weighted by Gasteiger charge is -2.08. The summed E-state index contributed by atoms with van der Waals surface area (Å²) in [5.74, 6) is -0.689. The van der Waals surface area contributed by atoms with Crippen LogP contribution in [0.4, 0.5) is 4.39 Å². The van der Waals surface area contributed by atoms with Gasteiger partial charge in [0, 0.05) is 25.0 Å². The Kier molecular flexibility index (Phi) is 3.98. The predicted octanol–water partition coefficient (Wildman–Crippen LogP) is 2.06. The largest absolute Gasteiger partial charge is 0.367 e. The molecule has 2 aromatic rings. The smallest absolute Gasteiger partial charge is 0.257 e. The normalized spacial score (nSPS) is 10.3. The Labute approximate surface area is 115 Å². The number of rotatable bonds is 3. The molecule has 0 radical (unpaired) electrons. The van der Waals surface area contributed by atoms with E-state index in [0.717, 1.165) is 5.56 Å². The summed E-state index contributed by atoms with van der Waals surface area (Å²) in [7, 11) is 0. The van der Waals surface area contributed by atoms with Crippen LogP contribution in [0.1, 0.15) is 27.0 Å². The molecule has 2 N–H and O–H groups in total. The number of hydrogen-bond acceptors (Lipinski definition) is 2. The van der Waals surface area contributed by atoms with Crippen molar-refractivity contribution in [2.75, 3.05) is 0 Å². The number of aromatic nitrogens is 1. The van der Waals surface area contributed by atoms with E-state index in [-0.39, 0.29) is 23.4 Å². The zero-order valence-electron chi connectivity index (χ0n) is 11.3. The van der Waals surface area contributed by atoms with Crippen molar-refractivity contribution >= 4 is 5.91 Å². The molecule has 2 rings (SSSR count). The van der Waals surface area contributed by atoms with Crippen LogP contribution < -0.4 is 10.7 Å². The summed E-state index contributed by atoms with van der Waals surface area (Å²) < 4.78 is 13.5. The number of carbonyl (C=O) groups excluding carboxylic acids is 1.